The summed E-state index contributed by atoms with van der Waals surface area (Å²) in [5.74, 6) is -0.0647. The van der Waals surface area contributed by atoms with Gasteiger partial charge in [0.05, 0.1) is 0 Å². The SMILES string of the molecule is CC(C)(C)OC(=O)CCCCCCCCNCCc1ccccc1. The van der Waals surface area contributed by atoms with Crippen LogP contribution in [0.2, 0.25) is 0 Å². The molecule has 0 unspecified atom stereocenters. The third kappa shape index (κ3) is 12.1. The molecule has 0 aliphatic carbocycles. The minimum atomic E-state index is -0.357. The number of carbonyl (C=O) groups is 1. The molecular formula is C21H35NO2. The van der Waals surface area contributed by atoms with Gasteiger partial charge < -0.3 is 10.1 Å². The van der Waals surface area contributed by atoms with Crippen LogP contribution >= 0.6 is 0 Å². The monoisotopic (exact) mass is 333 g/mol. The molecule has 136 valence electrons. The summed E-state index contributed by atoms with van der Waals surface area (Å²) in [7, 11) is 0. The number of ether oxygens (including phenoxy) is 1. The van der Waals surface area contributed by atoms with Crippen LogP contribution in [0.4, 0.5) is 0 Å². The molecule has 0 aromatic heterocycles. The Morgan fingerprint density at radius 1 is 0.917 bits per heavy atom. The Bertz CT molecular complexity index is 437. The fourth-order valence-electron chi connectivity index (χ4n) is 2.62. The van der Waals surface area contributed by atoms with Gasteiger partial charge in [-0.1, -0.05) is 56.0 Å². The van der Waals surface area contributed by atoms with Crippen LogP contribution in [0.5, 0.6) is 0 Å². The van der Waals surface area contributed by atoms with E-state index in [4.69, 9.17) is 4.74 Å². The van der Waals surface area contributed by atoms with Gasteiger partial charge in [-0.15, -0.1) is 0 Å². The van der Waals surface area contributed by atoms with Crippen molar-refractivity contribution in [3.8, 4) is 0 Å². The maximum absolute atomic E-state index is 11.6. The van der Waals surface area contributed by atoms with E-state index in [2.05, 4.69) is 35.6 Å². The van der Waals surface area contributed by atoms with E-state index < -0.39 is 0 Å². The number of nitrogens with one attached hydrogen (secondary N) is 1. The molecule has 3 heteroatoms. The highest BCUT2D eigenvalue weighted by molar-refractivity contribution is 5.69. The van der Waals surface area contributed by atoms with Crippen molar-refractivity contribution in [2.24, 2.45) is 0 Å². The van der Waals surface area contributed by atoms with E-state index in [1.165, 1.54) is 31.2 Å². The Morgan fingerprint density at radius 2 is 1.54 bits per heavy atom. The molecule has 1 aromatic carbocycles. The number of carbonyl (C=O) groups excluding carboxylic acids is 1. The minimum Gasteiger partial charge on any atom is -0.460 e. The van der Waals surface area contributed by atoms with Gasteiger partial charge in [-0.2, -0.15) is 0 Å². The second-order valence-electron chi connectivity index (χ2n) is 7.44. The summed E-state index contributed by atoms with van der Waals surface area (Å²) in [6, 6.07) is 10.6. The first kappa shape index (κ1) is 20.7. The fourth-order valence-corrected chi connectivity index (χ4v) is 2.62. The molecule has 1 rings (SSSR count). The van der Waals surface area contributed by atoms with Gasteiger partial charge in [0.2, 0.25) is 0 Å². The number of unbranched alkanes of at least 4 members (excludes halogenated alkanes) is 5. The van der Waals surface area contributed by atoms with Crippen molar-refractivity contribution >= 4 is 5.97 Å². The molecule has 1 N–H and O–H groups in total. The van der Waals surface area contributed by atoms with E-state index in [9.17, 15) is 4.79 Å². The Labute approximate surface area is 148 Å². The van der Waals surface area contributed by atoms with Crippen LogP contribution in [0.3, 0.4) is 0 Å². The predicted molar refractivity (Wildman–Crippen MR) is 101 cm³/mol. The van der Waals surface area contributed by atoms with E-state index >= 15 is 0 Å². The molecule has 0 saturated heterocycles. The highest BCUT2D eigenvalue weighted by Gasteiger charge is 2.15. The molecule has 0 bridgehead atoms. The maximum atomic E-state index is 11.6. The second kappa shape index (κ2) is 12.1. The number of hydrogen-bond acceptors (Lipinski definition) is 3. The van der Waals surface area contributed by atoms with Crippen molar-refractivity contribution in [1.29, 1.82) is 0 Å². The van der Waals surface area contributed by atoms with E-state index in [-0.39, 0.29) is 11.6 Å². The first-order chi connectivity index (χ1) is 11.5. The van der Waals surface area contributed by atoms with Crippen LogP contribution in [-0.2, 0) is 16.0 Å². The first-order valence-corrected chi connectivity index (χ1v) is 9.44. The van der Waals surface area contributed by atoms with Gasteiger partial charge in [0.1, 0.15) is 5.60 Å². The minimum absolute atomic E-state index is 0.0647. The summed E-state index contributed by atoms with van der Waals surface area (Å²) in [5.41, 5.74) is 1.04. The van der Waals surface area contributed by atoms with Crippen LogP contribution in [0, 0.1) is 0 Å². The maximum Gasteiger partial charge on any atom is 0.306 e. The zero-order chi connectivity index (χ0) is 17.7. The Hall–Kier alpha value is -1.35. The number of rotatable bonds is 12. The molecule has 0 spiro atoms. The Kier molecular flexibility index (Phi) is 10.4. The molecule has 0 aliphatic heterocycles. The smallest absolute Gasteiger partial charge is 0.306 e. The molecule has 24 heavy (non-hydrogen) atoms. The molecule has 0 saturated carbocycles. The topological polar surface area (TPSA) is 38.3 Å². The van der Waals surface area contributed by atoms with Crippen molar-refractivity contribution in [2.45, 2.75) is 77.7 Å². The van der Waals surface area contributed by atoms with E-state index in [1.54, 1.807) is 0 Å². The van der Waals surface area contributed by atoms with Crippen LogP contribution in [0.1, 0.15) is 71.3 Å². The normalized spacial score (nSPS) is 11.5. The second-order valence-corrected chi connectivity index (χ2v) is 7.44. The molecule has 0 fully saturated rings. The van der Waals surface area contributed by atoms with Crippen molar-refractivity contribution in [3.05, 3.63) is 35.9 Å². The average Bonchev–Trinajstić information content (AvgIpc) is 2.52. The lowest BCUT2D eigenvalue weighted by Gasteiger charge is -2.19. The molecule has 0 aliphatic rings. The molecule has 1 aromatic rings. The fraction of sp³-hybridized carbons (Fsp3) is 0.667. The number of benzene rings is 1. The molecule has 0 heterocycles. The molecular weight excluding hydrogens is 298 g/mol. The van der Waals surface area contributed by atoms with Crippen molar-refractivity contribution in [1.82, 2.24) is 5.32 Å². The molecule has 0 radical (unpaired) electrons. The highest BCUT2D eigenvalue weighted by atomic mass is 16.6. The van der Waals surface area contributed by atoms with Crippen LogP contribution in [-0.4, -0.2) is 24.7 Å². The van der Waals surface area contributed by atoms with Crippen LogP contribution in [0.25, 0.3) is 0 Å². The van der Waals surface area contributed by atoms with Crippen LogP contribution in [0.15, 0.2) is 30.3 Å². The van der Waals surface area contributed by atoms with Crippen LogP contribution < -0.4 is 5.32 Å². The number of esters is 1. The third-order valence-electron chi connectivity index (χ3n) is 3.84. The third-order valence-corrected chi connectivity index (χ3v) is 3.84. The van der Waals surface area contributed by atoms with Gasteiger partial charge in [0.25, 0.3) is 0 Å². The predicted octanol–water partition coefficient (Wildman–Crippen LogP) is 4.89. The lowest BCUT2D eigenvalue weighted by Crippen LogP contribution is -2.23. The van der Waals surface area contributed by atoms with Crippen molar-refractivity contribution in [3.63, 3.8) is 0 Å². The summed E-state index contributed by atoms with van der Waals surface area (Å²) in [5, 5.41) is 3.51. The lowest BCUT2D eigenvalue weighted by atomic mass is 10.1. The summed E-state index contributed by atoms with van der Waals surface area (Å²) >= 11 is 0. The van der Waals surface area contributed by atoms with Gasteiger partial charge in [-0.3, -0.25) is 4.79 Å². The zero-order valence-corrected chi connectivity index (χ0v) is 15.8. The van der Waals surface area contributed by atoms with Gasteiger partial charge in [-0.05, 0) is 58.7 Å². The quantitative estimate of drug-likeness (QED) is 0.437. The molecule has 0 atom stereocenters. The summed E-state index contributed by atoms with van der Waals surface area (Å²) in [6.45, 7) is 7.90. The van der Waals surface area contributed by atoms with Gasteiger partial charge in [0, 0.05) is 6.42 Å². The Balaban J connectivity index is 1.83. The largest absolute Gasteiger partial charge is 0.460 e. The number of hydrogen-bond donors (Lipinski definition) is 1. The molecule has 3 nitrogen and oxygen atoms in total. The van der Waals surface area contributed by atoms with E-state index in [0.29, 0.717) is 6.42 Å². The zero-order valence-electron chi connectivity index (χ0n) is 15.8. The van der Waals surface area contributed by atoms with Crippen molar-refractivity contribution in [2.75, 3.05) is 13.1 Å². The summed E-state index contributed by atoms with van der Waals surface area (Å²) < 4.78 is 5.31. The van der Waals surface area contributed by atoms with Gasteiger partial charge in [-0.25, -0.2) is 0 Å². The van der Waals surface area contributed by atoms with E-state index in [1.807, 2.05) is 20.8 Å². The summed E-state index contributed by atoms with van der Waals surface area (Å²) in [6.07, 6.45) is 8.71. The van der Waals surface area contributed by atoms with Gasteiger partial charge in [0.15, 0.2) is 0 Å². The lowest BCUT2D eigenvalue weighted by molar-refractivity contribution is -0.154. The molecule has 0 amide bonds. The average molecular weight is 334 g/mol. The summed E-state index contributed by atoms with van der Waals surface area (Å²) in [4.78, 5) is 11.6. The van der Waals surface area contributed by atoms with Crippen molar-refractivity contribution < 1.29 is 9.53 Å². The standard InChI is InChI=1S/C21H35NO2/c1-21(2,3)24-20(23)15-11-6-4-5-7-12-17-22-18-16-19-13-9-8-10-14-19/h8-10,13-14,22H,4-7,11-12,15-18H2,1-3H3. The van der Waals surface area contributed by atoms with E-state index in [0.717, 1.165) is 32.4 Å². The van der Waals surface area contributed by atoms with Gasteiger partial charge >= 0.3 is 5.97 Å². The highest BCUT2D eigenvalue weighted by Crippen LogP contribution is 2.12. The first-order valence-electron chi connectivity index (χ1n) is 9.44. The Morgan fingerprint density at radius 3 is 2.21 bits per heavy atom.